The summed E-state index contributed by atoms with van der Waals surface area (Å²) in [5, 5.41) is 12.0. The van der Waals surface area contributed by atoms with Gasteiger partial charge in [-0.1, -0.05) is 36.0 Å². The molecular weight excluding hydrogens is 346 g/mol. The number of aryl methyl sites for hydroxylation is 1. The molecule has 0 spiro atoms. The van der Waals surface area contributed by atoms with E-state index in [2.05, 4.69) is 27.1 Å². The first kappa shape index (κ1) is 17.9. The zero-order valence-electron chi connectivity index (χ0n) is 14.4. The van der Waals surface area contributed by atoms with Crippen molar-refractivity contribution in [2.24, 2.45) is 0 Å². The summed E-state index contributed by atoms with van der Waals surface area (Å²) in [6.07, 6.45) is 3.48. The van der Waals surface area contributed by atoms with Crippen LogP contribution in [0.4, 0.5) is 5.69 Å². The van der Waals surface area contributed by atoms with Gasteiger partial charge in [0.15, 0.2) is 11.0 Å². The quantitative estimate of drug-likeness (QED) is 0.512. The van der Waals surface area contributed by atoms with E-state index < -0.39 is 0 Å². The SMILES string of the molecule is C=CCn1c(SCC(=O)Nc2cccc(C)c2)nnc1-c1ccccn1. The predicted octanol–water partition coefficient (Wildman–Crippen LogP) is 3.57. The van der Waals surface area contributed by atoms with E-state index in [-0.39, 0.29) is 11.7 Å². The number of benzene rings is 1. The van der Waals surface area contributed by atoms with Crippen LogP contribution in [0.3, 0.4) is 0 Å². The Morgan fingerprint density at radius 1 is 1.27 bits per heavy atom. The summed E-state index contributed by atoms with van der Waals surface area (Å²) in [5.74, 6) is 0.811. The summed E-state index contributed by atoms with van der Waals surface area (Å²) in [5.41, 5.74) is 2.62. The molecule has 0 aliphatic rings. The van der Waals surface area contributed by atoms with Crippen LogP contribution in [0.25, 0.3) is 11.5 Å². The second-order valence-electron chi connectivity index (χ2n) is 5.63. The molecule has 1 N–H and O–H groups in total. The van der Waals surface area contributed by atoms with Crippen LogP contribution in [0.15, 0.2) is 66.5 Å². The molecule has 2 aromatic heterocycles. The molecule has 7 heteroatoms. The Kier molecular flexibility index (Phi) is 5.80. The highest BCUT2D eigenvalue weighted by atomic mass is 32.2. The second kappa shape index (κ2) is 8.44. The van der Waals surface area contributed by atoms with Gasteiger partial charge >= 0.3 is 0 Å². The topological polar surface area (TPSA) is 72.7 Å². The number of hydrogen-bond acceptors (Lipinski definition) is 5. The van der Waals surface area contributed by atoms with Crippen LogP contribution >= 0.6 is 11.8 Å². The Bertz CT molecular complexity index is 907. The van der Waals surface area contributed by atoms with Gasteiger partial charge in [0, 0.05) is 18.4 Å². The Labute approximate surface area is 156 Å². The number of amides is 1. The van der Waals surface area contributed by atoms with Crippen molar-refractivity contribution in [1.29, 1.82) is 0 Å². The third kappa shape index (κ3) is 4.37. The van der Waals surface area contributed by atoms with E-state index in [0.29, 0.717) is 17.5 Å². The molecule has 0 saturated carbocycles. The van der Waals surface area contributed by atoms with Gasteiger partial charge in [-0.25, -0.2) is 0 Å². The molecule has 0 aliphatic carbocycles. The largest absolute Gasteiger partial charge is 0.325 e. The van der Waals surface area contributed by atoms with Crippen molar-refractivity contribution in [3.8, 4) is 11.5 Å². The third-order valence-electron chi connectivity index (χ3n) is 3.56. The number of allylic oxidation sites excluding steroid dienone is 1. The minimum Gasteiger partial charge on any atom is -0.325 e. The highest BCUT2D eigenvalue weighted by Crippen LogP contribution is 2.23. The van der Waals surface area contributed by atoms with Crippen molar-refractivity contribution in [1.82, 2.24) is 19.7 Å². The first-order valence-electron chi connectivity index (χ1n) is 8.12. The Balaban J connectivity index is 1.70. The summed E-state index contributed by atoms with van der Waals surface area (Å²) in [6.45, 7) is 6.32. The third-order valence-corrected chi connectivity index (χ3v) is 4.52. The lowest BCUT2D eigenvalue weighted by Gasteiger charge is -2.08. The summed E-state index contributed by atoms with van der Waals surface area (Å²) >= 11 is 1.34. The van der Waals surface area contributed by atoms with Crippen molar-refractivity contribution in [2.45, 2.75) is 18.6 Å². The zero-order valence-corrected chi connectivity index (χ0v) is 15.2. The summed E-state index contributed by atoms with van der Waals surface area (Å²) in [7, 11) is 0. The number of nitrogens with zero attached hydrogens (tertiary/aromatic N) is 4. The number of rotatable bonds is 7. The highest BCUT2D eigenvalue weighted by molar-refractivity contribution is 7.99. The minimum absolute atomic E-state index is 0.0897. The molecule has 132 valence electrons. The van der Waals surface area contributed by atoms with Gasteiger partial charge in [-0.3, -0.25) is 14.3 Å². The summed E-state index contributed by atoms with van der Waals surface area (Å²) < 4.78 is 1.90. The Morgan fingerprint density at radius 3 is 2.88 bits per heavy atom. The molecule has 26 heavy (non-hydrogen) atoms. The van der Waals surface area contributed by atoms with E-state index in [1.165, 1.54) is 11.8 Å². The van der Waals surface area contributed by atoms with Gasteiger partial charge in [-0.15, -0.1) is 16.8 Å². The maximum atomic E-state index is 12.2. The molecule has 3 rings (SSSR count). The van der Waals surface area contributed by atoms with E-state index in [1.807, 2.05) is 54.0 Å². The number of carbonyl (C=O) groups is 1. The fraction of sp³-hybridized carbons (Fsp3) is 0.158. The molecule has 3 aromatic rings. The summed E-state index contributed by atoms with van der Waals surface area (Å²) in [6, 6.07) is 13.3. The number of anilines is 1. The lowest BCUT2D eigenvalue weighted by Crippen LogP contribution is -2.14. The average Bonchev–Trinajstić information content (AvgIpc) is 3.04. The lowest BCUT2D eigenvalue weighted by atomic mass is 10.2. The fourth-order valence-electron chi connectivity index (χ4n) is 2.42. The van der Waals surface area contributed by atoms with E-state index in [9.17, 15) is 4.79 Å². The van der Waals surface area contributed by atoms with E-state index >= 15 is 0 Å². The Hall–Kier alpha value is -2.93. The van der Waals surface area contributed by atoms with Crippen LogP contribution < -0.4 is 5.32 Å². The normalized spacial score (nSPS) is 10.5. The molecule has 1 aromatic carbocycles. The molecular formula is C19H19N5OS. The van der Waals surface area contributed by atoms with E-state index in [0.717, 1.165) is 16.9 Å². The molecule has 0 fully saturated rings. The van der Waals surface area contributed by atoms with E-state index in [4.69, 9.17) is 0 Å². The number of hydrogen-bond donors (Lipinski definition) is 1. The molecule has 0 saturated heterocycles. The summed E-state index contributed by atoms with van der Waals surface area (Å²) in [4.78, 5) is 16.5. The smallest absolute Gasteiger partial charge is 0.234 e. The minimum atomic E-state index is -0.0897. The number of carbonyl (C=O) groups excluding carboxylic acids is 1. The maximum absolute atomic E-state index is 12.2. The van der Waals surface area contributed by atoms with Crippen LogP contribution in [-0.2, 0) is 11.3 Å². The molecule has 0 aliphatic heterocycles. The van der Waals surface area contributed by atoms with Crippen molar-refractivity contribution >= 4 is 23.4 Å². The monoisotopic (exact) mass is 365 g/mol. The molecule has 1 amide bonds. The lowest BCUT2D eigenvalue weighted by molar-refractivity contribution is -0.113. The van der Waals surface area contributed by atoms with Gasteiger partial charge in [0.2, 0.25) is 5.91 Å². The van der Waals surface area contributed by atoms with Crippen molar-refractivity contribution < 1.29 is 4.79 Å². The zero-order chi connectivity index (χ0) is 18.4. The molecule has 0 bridgehead atoms. The molecule has 0 unspecified atom stereocenters. The van der Waals surface area contributed by atoms with Crippen LogP contribution in [0.2, 0.25) is 0 Å². The average molecular weight is 365 g/mol. The first-order valence-corrected chi connectivity index (χ1v) is 9.11. The van der Waals surface area contributed by atoms with Crippen molar-refractivity contribution in [3.63, 3.8) is 0 Å². The van der Waals surface area contributed by atoms with Crippen molar-refractivity contribution in [3.05, 3.63) is 66.9 Å². The fourth-order valence-corrected chi connectivity index (χ4v) is 3.17. The number of aromatic nitrogens is 4. The number of pyridine rings is 1. The second-order valence-corrected chi connectivity index (χ2v) is 6.57. The van der Waals surface area contributed by atoms with Crippen molar-refractivity contribution in [2.75, 3.05) is 11.1 Å². The van der Waals surface area contributed by atoms with Gasteiger partial charge in [0.1, 0.15) is 5.69 Å². The Morgan fingerprint density at radius 2 is 2.15 bits per heavy atom. The molecule has 0 atom stereocenters. The molecule has 0 radical (unpaired) electrons. The molecule has 6 nitrogen and oxygen atoms in total. The van der Waals surface area contributed by atoms with E-state index in [1.54, 1.807) is 12.3 Å². The van der Waals surface area contributed by atoms with Gasteiger partial charge in [-0.2, -0.15) is 0 Å². The highest BCUT2D eigenvalue weighted by Gasteiger charge is 2.15. The van der Waals surface area contributed by atoms with Crippen LogP contribution in [0.5, 0.6) is 0 Å². The van der Waals surface area contributed by atoms with Crippen LogP contribution in [0.1, 0.15) is 5.56 Å². The van der Waals surface area contributed by atoms with Gasteiger partial charge in [0.05, 0.1) is 5.75 Å². The van der Waals surface area contributed by atoms with Crippen LogP contribution in [0, 0.1) is 6.92 Å². The number of thioether (sulfide) groups is 1. The predicted molar refractivity (Wildman–Crippen MR) is 104 cm³/mol. The number of nitrogens with one attached hydrogen (secondary N) is 1. The van der Waals surface area contributed by atoms with Gasteiger partial charge in [-0.05, 0) is 36.8 Å². The van der Waals surface area contributed by atoms with Gasteiger partial charge in [0.25, 0.3) is 0 Å². The van der Waals surface area contributed by atoms with Crippen LogP contribution in [-0.4, -0.2) is 31.4 Å². The van der Waals surface area contributed by atoms with Gasteiger partial charge < -0.3 is 5.32 Å². The standard InChI is InChI=1S/C19H19N5OS/c1-3-11-24-18(16-9-4-5-10-20-16)22-23-19(24)26-13-17(25)21-15-8-6-7-14(2)12-15/h3-10,12H,1,11,13H2,2H3,(H,21,25). The maximum Gasteiger partial charge on any atom is 0.234 e. The molecule has 2 heterocycles. The first-order chi connectivity index (χ1) is 12.7.